The molecule has 3 N–H and O–H groups in total. The molecule has 148 valence electrons. The van der Waals surface area contributed by atoms with Crippen LogP contribution in [-0.4, -0.2) is 22.1 Å². The number of carbonyl (C=O) groups excluding carboxylic acids is 1. The van der Waals surface area contributed by atoms with Crippen molar-refractivity contribution in [2.45, 2.75) is 6.92 Å². The minimum Gasteiger partial charge on any atom is -0.478 e. The summed E-state index contributed by atoms with van der Waals surface area (Å²) in [5.41, 5.74) is 2.28. The van der Waals surface area contributed by atoms with Crippen LogP contribution in [0.3, 0.4) is 0 Å². The minimum absolute atomic E-state index is 0.0202. The van der Waals surface area contributed by atoms with Gasteiger partial charge >= 0.3 is 5.97 Å². The van der Waals surface area contributed by atoms with Gasteiger partial charge in [0, 0.05) is 14.2 Å². The molecule has 2 aromatic carbocycles. The largest absolute Gasteiger partial charge is 0.478 e. The maximum Gasteiger partial charge on any atom is 0.335 e. The van der Waals surface area contributed by atoms with E-state index in [1.165, 1.54) is 18.2 Å². The Bertz CT molecular complexity index is 1130. The first-order valence-electron chi connectivity index (χ1n) is 8.26. The van der Waals surface area contributed by atoms with Gasteiger partial charge < -0.3 is 14.8 Å². The van der Waals surface area contributed by atoms with Crippen molar-refractivity contribution in [3.8, 4) is 11.3 Å². The first-order chi connectivity index (χ1) is 13.7. The highest BCUT2D eigenvalue weighted by molar-refractivity contribution is 14.1. The molecule has 0 aliphatic rings. The monoisotopic (exact) mass is 540 g/mol. The Kier molecular flexibility index (Phi) is 6.56. The molecule has 0 bridgehead atoms. The zero-order valence-electron chi connectivity index (χ0n) is 15.0. The third-order valence-corrected chi connectivity index (χ3v) is 5.53. The van der Waals surface area contributed by atoms with Gasteiger partial charge in [-0.05, 0) is 83.7 Å². The lowest BCUT2D eigenvalue weighted by Crippen LogP contribution is -2.34. The summed E-state index contributed by atoms with van der Waals surface area (Å²) in [6, 6.07) is 13.3. The Morgan fingerprint density at radius 3 is 2.59 bits per heavy atom. The SMILES string of the molecule is Cc1ccc(-c2ccc(C(=O)NC(=S)Nc3cc(C(=O)O)ccc3I)o2)cc1Cl. The summed E-state index contributed by atoms with van der Waals surface area (Å²) in [6.45, 7) is 1.90. The summed E-state index contributed by atoms with van der Waals surface area (Å²) >= 11 is 13.3. The molecule has 1 amide bonds. The number of nitrogens with one attached hydrogen (secondary N) is 2. The Balaban J connectivity index is 1.70. The molecule has 0 radical (unpaired) electrons. The predicted molar refractivity (Wildman–Crippen MR) is 124 cm³/mol. The normalized spacial score (nSPS) is 10.4. The summed E-state index contributed by atoms with van der Waals surface area (Å²) in [5, 5.41) is 15.1. The van der Waals surface area contributed by atoms with Gasteiger partial charge in [-0.1, -0.05) is 23.7 Å². The zero-order chi connectivity index (χ0) is 21.1. The first-order valence-corrected chi connectivity index (χ1v) is 10.1. The van der Waals surface area contributed by atoms with Crippen LogP contribution in [0, 0.1) is 10.5 Å². The minimum atomic E-state index is -1.06. The van der Waals surface area contributed by atoms with Crippen molar-refractivity contribution in [3.05, 3.63) is 74.0 Å². The number of aryl methyl sites for hydroxylation is 1. The molecule has 0 fully saturated rings. The van der Waals surface area contributed by atoms with Crippen LogP contribution in [0.15, 0.2) is 52.9 Å². The number of furan rings is 1. The van der Waals surface area contributed by atoms with Gasteiger partial charge in [0.25, 0.3) is 5.91 Å². The van der Waals surface area contributed by atoms with Gasteiger partial charge in [-0.3, -0.25) is 10.1 Å². The maximum absolute atomic E-state index is 12.4. The van der Waals surface area contributed by atoms with Gasteiger partial charge in [0.15, 0.2) is 10.9 Å². The summed E-state index contributed by atoms with van der Waals surface area (Å²) in [6.07, 6.45) is 0. The van der Waals surface area contributed by atoms with E-state index in [1.54, 1.807) is 18.2 Å². The van der Waals surface area contributed by atoms with Crippen molar-refractivity contribution >= 4 is 69.1 Å². The molecule has 0 atom stereocenters. The fraction of sp³-hybridized carbons (Fsp3) is 0.0500. The van der Waals surface area contributed by atoms with Gasteiger partial charge in [-0.15, -0.1) is 0 Å². The summed E-state index contributed by atoms with van der Waals surface area (Å²) in [7, 11) is 0. The van der Waals surface area contributed by atoms with Gasteiger partial charge in [0.05, 0.1) is 11.3 Å². The summed E-state index contributed by atoms with van der Waals surface area (Å²) in [4.78, 5) is 23.5. The maximum atomic E-state index is 12.4. The first kappa shape index (κ1) is 21.3. The molecule has 0 saturated heterocycles. The number of anilines is 1. The molecule has 0 aliphatic heterocycles. The standard InChI is InChI=1S/C20H14ClIN2O4S/c1-10-2-3-11(8-13(10)21)16-6-7-17(28-16)18(25)24-20(29)23-15-9-12(19(26)27)4-5-14(15)22/h2-9H,1H3,(H,26,27)(H2,23,24,25,29). The predicted octanol–water partition coefficient (Wildman–Crippen LogP) is 5.34. The van der Waals surface area contributed by atoms with E-state index < -0.39 is 11.9 Å². The van der Waals surface area contributed by atoms with E-state index in [4.69, 9.17) is 33.3 Å². The molecule has 3 rings (SSSR count). The van der Waals surface area contributed by atoms with E-state index in [9.17, 15) is 9.59 Å². The van der Waals surface area contributed by atoms with Gasteiger partial charge in [0.2, 0.25) is 0 Å². The number of carboxylic acids is 1. The van der Waals surface area contributed by atoms with E-state index in [1.807, 2.05) is 41.6 Å². The third-order valence-electron chi connectivity index (χ3n) is 3.97. The summed E-state index contributed by atoms with van der Waals surface area (Å²) in [5.74, 6) is -1.01. The van der Waals surface area contributed by atoms with Gasteiger partial charge in [-0.2, -0.15) is 0 Å². The quantitative estimate of drug-likeness (QED) is 0.306. The van der Waals surface area contributed by atoms with Crippen molar-refractivity contribution in [3.63, 3.8) is 0 Å². The number of halogens is 2. The Morgan fingerprint density at radius 1 is 1.14 bits per heavy atom. The molecule has 6 nitrogen and oxygen atoms in total. The molecule has 1 aromatic heterocycles. The van der Waals surface area contributed by atoms with E-state index >= 15 is 0 Å². The Labute approximate surface area is 190 Å². The number of benzene rings is 2. The number of thiocarbonyl (C=S) groups is 1. The van der Waals surface area contributed by atoms with Crippen LogP contribution in [-0.2, 0) is 0 Å². The van der Waals surface area contributed by atoms with Crippen LogP contribution in [0.2, 0.25) is 5.02 Å². The number of amides is 1. The zero-order valence-corrected chi connectivity index (χ0v) is 18.7. The Morgan fingerprint density at radius 2 is 1.90 bits per heavy atom. The van der Waals surface area contributed by atoms with Gasteiger partial charge in [0.1, 0.15) is 5.76 Å². The molecular weight excluding hydrogens is 527 g/mol. The molecule has 29 heavy (non-hydrogen) atoms. The molecular formula is C20H14ClIN2O4S. The second-order valence-electron chi connectivity index (χ2n) is 6.04. The van der Waals surface area contributed by atoms with E-state index in [0.717, 1.165) is 14.7 Å². The molecule has 9 heteroatoms. The number of hydrogen-bond acceptors (Lipinski definition) is 4. The van der Waals surface area contributed by atoms with Crippen molar-refractivity contribution in [1.82, 2.24) is 5.32 Å². The smallest absolute Gasteiger partial charge is 0.335 e. The van der Waals surface area contributed by atoms with Crippen molar-refractivity contribution in [2.24, 2.45) is 0 Å². The highest BCUT2D eigenvalue weighted by atomic mass is 127. The van der Waals surface area contributed by atoms with Crippen LogP contribution < -0.4 is 10.6 Å². The molecule has 1 heterocycles. The fourth-order valence-electron chi connectivity index (χ4n) is 2.43. The van der Waals surface area contributed by atoms with E-state index in [0.29, 0.717) is 16.5 Å². The lowest BCUT2D eigenvalue weighted by molar-refractivity contribution is 0.0696. The van der Waals surface area contributed by atoms with Crippen LogP contribution in [0.5, 0.6) is 0 Å². The number of rotatable bonds is 4. The molecule has 0 saturated carbocycles. The molecule has 0 spiro atoms. The van der Waals surface area contributed by atoms with Gasteiger partial charge in [-0.25, -0.2) is 4.79 Å². The van der Waals surface area contributed by atoms with E-state index in [-0.39, 0.29) is 16.4 Å². The lowest BCUT2D eigenvalue weighted by Gasteiger charge is -2.11. The van der Waals surface area contributed by atoms with Crippen LogP contribution in [0.25, 0.3) is 11.3 Å². The molecule has 3 aromatic rings. The fourth-order valence-corrected chi connectivity index (χ4v) is 3.29. The molecule has 0 unspecified atom stereocenters. The molecule has 0 aliphatic carbocycles. The number of aromatic carboxylic acids is 1. The second-order valence-corrected chi connectivity index (χ2v) is 8.01. The second kappa shape index (κ2) is 8.93. The number of carbonyl (C=O) groups is 2. The van der Waals surface area contributed by atoms with Crippen molar-refractivity contribution in [1.29, 1.82) is 0 Å². The topological polar surface area (TPSA) is 91.6 Å². The lowest BCUT2D eigenvalue weighted by atomic mass is 10.1. The highest BCUT2D eigenvalue weighted by Gasteiger charge is 2.15. The van der Waals surface area contributed by atoms with Crippen LogP contribution in [0.1, 0.15) is 26.5 Å². The third kappa shape index (κ3) is 5.14. The summed E-state index contributed by atoms with van der Waals surface area (Å²) < 4.78 is 6.37. The Hall–Kier alpha value is -2.43. The average Bonchev–Trinajstić information content (AvgIpc) is 3.16. The number of hydrogen-bond donors (Lipinski definition) is 3. The average molecular weight is 541 g/mol. The van der Waals surface area contributed by atoms with Crippen LogP contribution >= 0.6 is 46.4 Å². The van der Waals surface area contributed by atoms with Crippen molar-refractivity contribution < 1.29 is 19.1 Å². The number of carboxylic acid groups (broad SMARTS) is 1. The highest BCUT2D eigenvalue weighted by Crippen LogP contribution is 2.27. The van der Waals surface area contributed by atoms with E-state index in [2.05, 4.69) is 10.6 Å². The van der Waals surface area contributed by atoms with Crippen LogP contribution in [0.4, 0.5) is 5.69 Å². The van der Waals surface area contributed by atoms with Crippen molar-refractivity contribution in [2.75, 3.05) is 5.32 Å².